The third kappa shape index (κ3) is 4.67. The van der Waals surface area contributed by atoms with E-state index in [-0.39, 0.29) is 46.5 Å². The summed E-state index contributed by atoms with van der Waals surface area (Å²) in [6, 6.07) is 6.91. The summed E-state index contributed by atoms with van der Waals surface area (Å²) in [5.41, 5.74) is -0.207. The van der Waals surface area contributed by atoms with Crippen LogP contribution in [0.25, 0.3) is 0 Å². The van der Waals surface area contributed by atoms with E-state index in [1.54, 1.807) is 24.0 Å². The summed E-state index contributed by atoms with van der Waals surface area (Å²) in [6.45, 7) is 3.13. The molecule has 3 rings (SSSR count). The highest BCUT2D eigenvalue weighted by molar-refractivity contribution is 6.30. The van der Waals surface area contributed by atoms with Crippen molar-refractivity contribution in [2.75, 3.05) is 44.8 Å². The second-order valence-electron chi connectivity index (χ2n) is 6.88. The first kappa shape index (κ1) is 23.1. The Morgan fingerprint density at radius 3 is 2.25 bits per heavy atom. The van der Waals surface area contributed by atoms with Crippen LogP contribution in [0.5, 0.6) is 11.5 Å². The van der Waals surface area contributed by atoms with Crippen LogP contribution in [0, 0.1) is 20.2 Å². The first-order valence-electron chi connectivity index (χ1n) is 9.74. The van der Waals surface area contributed by atoms with Crippen molar-refractivity contribution in [1.29, 1.82) is 0 Å². The second kappa shape index (κ2) is 9.69. The number of anilines is 1. The van der Waals surface area contributed by atoms with Crippen LogP contribution in [0.3, 0.4) is 0 Å². The van der Waals surface area contributed by atoms with Gasteiger partial charge in [-0.05, 0) is 19.1 Å². The highest BCUT2D eigenvalue weighted by atomic mass is 35.5. The molecule has 0 bridgehead atoms. The SMILES string of the molecule is CCOc1cc(C(=O)N2CCN(c3ccc(Cl)cc3[N+](=O)[O-])CC2)c([N+](=O)[O-])cc1OC. The fourth-order valence-corrected chi connectivity index (χ4v) is 3.70. The quantitative estimate of drug-likeness (QED) is 0.449. The molecular formula is C20H21ClN4O7. The number of hydrogen-bond acceptors (Lipinski definition) is 8. The summed E-state index contributed by atoms with van der Waals surface area (Å²) in [6.07, 6.45) is 0. The normalized spacial score (nSPS) is 13.6. The lowest BCUT2D eigenvalue weighted by atomic mass is 10.1. The van der Waals surface area contributed by atoms with Gasteiger partial charge < -0.3 is 19.3 Å². The second-order valence-corrected chi connectivity index (χ2v) is 7.32. The molecule has 32 heavy (non-hydrogen) atoms. The molecule has 1 fully saturated rings. The van der Waals surface area contributed by atoms with Crippen molar-refractivity contribution in [1.82, 2.24) is 4.90 Å². The van der Waals surface area contributed by atoms with Gasteiger partial charge in [-0.2, -0.15) is 0 Å². The molecule has 0 spiro atoms. The molecule has 1 heterocycles. The largest absolute Gasteiger partial charge is 0.493 e. The van der Waals surface area contributed by atoms with Crippen LogP contribution in [0.2, 0.25) is 5.02 Å². The molecule has 1 aliphatic rings. The van der Waals surface area contributed by atoms with Crippen LogP contribution >= 0.6 is 11.6 Å². The number of hydrogen-bond donors (Lipinski definition) is 0. The monoisotopic (exact) mass is 464 g/mol. The zero-order chi connectivity index (χ0) is 23.4. The number of ether oxygens (including phenoxy) is 2. The van der Waals surface area contributed by atoms with Gasteiger partial charge in [0.05, 0.1) is 29.6 Å². The Morgan fingerprint density at radius 1 is 1.03 bits per heavy atom. The minimum Gasteiger partial charge on any atom is -0.493 e. The summed E-state index contributed by atoms with van der Waals surface area (Å²) in [5.74, 6) is -0.125. The van der Waals surface area contributed by atoms with Crippen molar-refractivity contribution in [2.24, 2.45) is 0 Å². The predicted molar refractivity (Wildman–Crippen MR) is 117 cm³/mol. The van der Waals surface area contributed by atoms with Gasteiger partial charge in [-0.25, -0.2) is 0 Å². The third-order valence-electron chi connectivity index (χ3n) is 5.05. The predicted octanol–water partition coefficient (Wildman–Crippen LogP) is 3.53. The van der Waals surface area contributed by atoms with Crippen molar-refractivity contribution >= 4 is 34.6 Å². The maximum atomic E-state index is 13.1. The molecule has 11 nitrogen and oxygen atoms in total. The van der Waals surface area contributed by atoms with Crippen LogP contribution < -0.4 is 14.4 Å². The Balaban J connectivity index is 1.84. The zero-order valence-corrected chi connectivity index (χ0v) is 18.2. The smallest absolute Gasteiger partial charge is 0.294 e. The first-order valence-corrected chi connectivity index (χ1v) is 10.1. The van der Waals surface area contributed by atoms with Gasteiger partial charge in [-0.15, -0.1) is 0 Å². The summed E-state index contributed by atoms with van der Waals surface area (Å²) < 4.78 is 10.6. The molecule has 0 saturated carbocycles. The van der Waals surface area contributed by atoms with Gasteiger partial charge in [0.2, 0.25) is 0 Å². The standard InChI is InChI=1S/C20H21ClN4O7/c1-3-32-19-11-14(16(24(27)28)12-18(19)31-2)20(26)23-8-6-22(7-9-23)15-5-4-13(21)10-17(15)25(29)30/h4-5,10-12H,3,6-9H2,1-2H3. The lowest BCUT2D eigenvalue weighted by Gasteiger charge is -2.35. The fourth-order valence-electron chi connectivity index (χ4n) is 3.53. The first-order chi connectivity index (χ1) is 15.3. The van der Waals surface area contributed by atoms with E-state index in [0.717, 1.165) is 0 Å². The minimum atomic E-state index is -0.640. The van der Waals surface area contributed by atoms with Crippen LogP contribution in [-0.2, 0) is 0 Å². The highest BCUT2D eigenvalue weighted by Gasteiger charge is 2.31. The third-order valence-corrected chi connectivity index (χ3v) is 5.29. The fraction of sp³-hybridized carbons (Fsp3) is 0.350. The Bertz CT molecular complexity index is 1050. The van der Waals surface area contributed by atoms with E-state index in [1.165, 1.54) is 30.2 Å². The van der Waals surface area contributed by atoms with E-state index < -0.39 is 15.8 Å². The van der Waals surface area contributed by atoms with Crippen LogP contribution in [0.1, 0.15) is 17.3 Å². The number of nitrogens with zero attached hydrogens (tertiary/aromatic N) is 4. The summed E-state index contributed by atoms with van der Waals surface area (Å²) in [5, 5.41) is 23.2. The van der Waals surface area contributed by atoms with Crippen LogP contribution in [0.15, 0.2) is 30.3 Å². The molecule has 0 N–H and O–H groups in total. The Morgan fingerprint density at radius 2 is 1.69 bits per heavy atom. The Labute approximate surface area is 188 Å². The van der Waals surface area contributed by atoms with Crippen molar-refractivity contribution in [2.45, 2.75) is 6.92 Å². The summed E-state index contributed by atoms with van der Waals surface area (Å²) >= 11 is 5.88. The number of rotatable bonds is 7. The minimum absolute atomic E-state index is 0.106. The number of carbonyl (C=O) groups excluding carboxylic acids is 1. The van der Waals surface area contributed by atoms with E-state index in [1.807, 2.05) is 0 Å². The lowest BCUT2D eigenvalue weighted by Crippen LogP contribution is -2.49. The van der Waals surface area contributed by atoms with E-state index >= 15 is 0 Å². The van der Waals surface area contributed by atoms with Gasteiger partial charge in [0.15, 0.2) is 11.5 Å². The number of benzene rings is 2. The number of nitro groups is 2. The molecule has 0 atom stereocenters. The maximum Gasteiger partial charge on any atom is 0.294 e. The summed E-state index contributed by atoms with van der Waals surface area (Å²) in [4.78, 5) is 38.2. The van der Waals surface area contributed by atoms with Crippen molar-refractivity contribution in [3.8, 4) is 11.5 Å². The average Bonchev–Trinajstić information content (AvgIpc) is 2.78. The average molecular weight is 465 g/mol. The van der Waals surface area contributed by atoms with Gasteiger partial charge in [0, 0.05) is 43.3 Å². The molecule has 1 amide bonds. The molecule has 0 aliphatic carbocycles. The highest BCUT2D eigenvalue weighted by Crippen LogP contribution is 2.36. The molecule has 1 saturated heterocycles. The maximum absolute atomic E-state index is 13.1. The number of methoxy groups -OCH3 is 1. The number of halogens is 1. The molecule has 0 aromatic heterocycles. The topological polar surface area (TPSA) is 128 Å². The lowest BCUT2D eigenvalue weighted by molar-refractivity contribution is -0.385. The Hall–Kier alpha value is -3.60. The molecule has 2 aromatic carbocycles. The molecule has 170 valence electrons. The van der Waals surface area contributed by atoms with Crippen molar-refractivity contribution < 1.29 is 24.1 Å². The van der Waals surface area contributed by atoms with Crippen molar-refractivity contribution in [3.05, 3.63) is 61.1 Å². The van der Waals surface area contributed by atoms with Gasteiger partial charge in [0.1, 0.15) is 11.3 Å². The van der Waals surface area contributed by atoms with Gasteiger partial charge in [-0.3, -0.25) is 25.0 Å². The van der Waals surface area contributed by atoms with Gasteiger partial charge in [-0.1, -0.05) is 11.6 Å². The van der Waals surface area contributed by atoms with E-state index in [0.29, 0.717) is 25.4 Å². The number of carbonyl (C=O) groups is 1. The van der Waals surface area contributed by atoms with Crippen LogP contribution in [-0.4, -0.2) is 60.5 Å². The molecule has 2 aromatic rings. The molecule has 12 heteroatoms. The van der Waals surface area contributed by atoms with E-state index in [2.05, 4.69) is 0 Å². The number of piperazine rings is 1. The molecule has 1 aliphatic heterocycles. The van der Waals surface area contributed by atoms with Gasteiger partial charge >= 0.3 is 0 Å². The number of amides is 1. The Kier molecular flexibility index (Phi) is 6.98. The number of nitro benzene ring substituents is 2. The molecule has 0 unspecified atom stereocenters. The van der Waals surface area contributed by atoms with Gasteiger partial charge in [0.25, 0.3) is 17.3 Å². The van der Waals surface area contributed by atoms with Crippen molar-refractivity contribution in [3.63, 3.8) is 0 Å². The van der Waals surface area contributed by atoms with Crippen LogP contribution in [0.4, 0.5) is 17.1 Å². The van der Waals surface area contributed by atoms with E-state index in [4.69, 9.17) is 21.1 Å². The molecule has 0 radical (unpaired) electrons. The van der Waals surface area contributed by atoms with E-state index in [9.17, 15) is 25.0 Å². The zero-order valence-electron chi connectivity index (χ0n) is 17.4. The summed E-state index contributed by atoms with van der Waals surface area (Å²) in [7, 11) is 1.36. The molecular weight excluding hydrogens is 444 g/mol.